The fourth-order valence-electron chi connectivity index (χ4n) is 1.08. The van der Waals surface area contributed by atoms with E-state index in [1.165, 1.54) is 24.3 Å². The van der Waals surface area contributed by atoms with Crippen molar-refractivity contribution in [1.82, 2.24) is 0 Å². The lowest BCUT2D eigenvalue weighted by molar-refractivity contribution is 0.598. The smallest absolute Gasteiger partial charge is 0.285 e. The Labute approximate surface area is 109 Å². The van der Waals surface area contributed by atoms with Gasteiger partial charge in [-0.2, -0.15) is 8.42 Å². The summed E-state index contributed by atoms with van der Waals surface area (Å²) in [5, 5.41) is 0. The number of hydrogen-bond acceptors (Lipinski definition) is 3. The number of alkyl halides is 1. The first-order chi connectivity index (χ1) is 8.35. The topological polar surface area (TPSA) is 137 Å². The van der Waals surface area contributed by atoms with Gasteiger partial charge in [-0.25, -0.2) is 4.99 Å². The number of halogens is 1. The second kappa shape index (κ2) is 5.69. The standard InChI is InChI=1S/C9H12ClN5O2S/c10-5-8(11)14-6-1-3-7(4-2-6)18(16,17)15-9(12)13/h1-4H,5H2,(H2,11,14)(H4,12,13,15). The molecule has 0 fully saturated rings. The van der Waals surface area contributed by atoms with E-state index in [0.29, 0.717) is 5.69 Å². The first-order valence-corrected chi connectivity index (χ1v) is 6.67. The van der Waals surface area contributed by atoms with Crippen LogP contribution in [0.4, 0.5) is 5.69 Å². The molecule has 1 aromatic carbocycles. The normalized spacial score (nSPS) is 12.2. The zero-order valence-electron chi connectivity index (χ0n) is 9.25. The number of hydrogen-bond donors (Lipinski definition) is 3. The van der Waals surface area contributed by atoms with Gasteiger partial charge in [-0.05, 0) is 24.3 Å². The van der Waals surface area contributed by atoms with Gasteiger partial charge in [-0.15, -0.1) is 16.0 Å². The van der Waals surface area contributed by atoms with Crippen molar-refractivity contribution in [1.29, 1.82) is 0 Å². The second-order valence-corrected chi connectivity index (χ2v) is 5.09. The fraction of sp³-hybridized carbons (Fsp3) is 0.111. The molecule has 7 nitrogen and oxygen atoms in total. The zero-order chi connectivity index (χ0) is 13.8. The highest BCUT2D eigenvalue weighted by molar-refractivity contribution is 7.90. The molecule has 0 atom stereocenters. The summed E-state index contributed by atoms with van der Waals surface area (Å²) in [6.07, 6.45) is 0. The summed E-state index contributed by atoms with van der Waals surface area (Å²) in [4.78, 5) is 3.90. The average molecular weight is 290 g/mol. The predicted octanol–water partition coefficient (Wildman–Crippen LogP) is -0.124. The SMILES string of the molecule is NC(N)=NS(=O)(=O)c1ccc(N=C(N)CCl)cc1. The van der Waals surface area contributed by atoms with E-state index in [9.17, 15) is 8.42 Å². The molecule has 1 aromatic rings. The maximum Gasteiger partial charge on any atom is 0.285 e. The third-order valence-electron chi connectivity index (χ3n) is 1.77. The van der Waals surface area contributed by atoms with Gasteiger partial charge < -0.3 is 17.2 Å². The van der Waals surface area contributed by atoms with Crippen LogP contribution in [0.1, 0.15) is 0 Å². The van der Waals surface area contributed by atoms with Crippen LogP contribution in [0.25, 0.3) is 0 Å². The highest BCUT2D eigenvalue weighted by atomic mass is 35.5. The van der Waals surface area contributed by atoms with Gasteiger partial charge in [0.25, 0.3) is 10.0 Å². The van der Waals surface area contributed by atoms with Crippen LogP contribution in [0.5, 0.6) is 0 Å². The fourth-order valence-corrected chi connectivity index (χ4v) is 2.00. The van der Waals surface area contributed by atoms with Gasteiger partial charge in [0, 0.05) is 0 Å². The quantitative estimate of drug-likeness (QED) is 0.403. The number of benzene rings is 1. The lowest BCUT2D eigenvalue weighted by Gasteiger charge is -2.00. The van der Waals surface area contributed by atoms with Gasteiger partial charge >= 0.3 is 0 Å². The summed E-state index contributed by atoms with van der Waals surface area (Å²) in [7, 11) is -3.88. The maximum absolute atomic E-state index is 11.6. The van der Waals surface area contributed by atoms with Crippen molar-refractivity contribution in [2.75, 3.05) is 5.88 Å². The van der Waals surface area contributed by atoms with Crippen molar-refractivity contribution < 1.29 is 8.42 Å². The van der Waals surface area contributed by atoms with E-state index in [1.54, 1.807) is 0 Å². The predicted molar refractivity (Wildman–Crippen MR) is 71.4 cm³/mol. The number of sulfonamides is 1. The Hall–Kier alpha value is -1.80. The molecule has 98 valence electrons. The highest BCUT2D eigenvalue weighted by Crippen LogP contribution is 2.18. The molecule has 0 bridgehead atoms. The van der Waals surface area contributed by atoms with Crippen LogP contribution in [0.3, 0.4) is 0 Å². The van der Waals surface area contributed by atoms with Gasteiger partial charge in [0.2, 0.25) is 5.96 Å². The Kier molecular flexibility index (Phi) is 4.51. The summed E-state index contributed by atoms with van der Waals surface area (Å²) >= 11 is 5.47. The van der Waals surface area contributed by atoms with Crippen molar-refractivity contribution in [3.05, 3.63) is 24.3 Å². The maximum atomic E-state index is 11.6. The number of amidine groups is 1. The molecule has 0 radical (unpaired) electrons. The zero-order valence-corrected chi connectivity index (χ0v) is 10.8. The van der Waals surface area contributed by atoms with Crippen LogP contribution < -0.4 is 17.2 Å². The van der Waals surface area contributed by atoms with Crippen molar-refractivity contribution in [3.8, 4) is 0 Å². The molecule has 1 rings (SSSR count). The Morgan fingerprint density at radius 3 is 2.17 bits per heavy atom. The largest absolute Gasteiger partial charge is 0.386 e. The molecule has 0 spiro atoms. The van der Waals surface area contributed by atoms with Crippen LogP contribution in [-0.2, 0) is 10.0 Å². The lowest BCUT2D eigenvalue weighted by Crippen LogP contribution is -2.24. The number of nitrogens with zero attached hydrogens (tertiary/aromatic N) is 2. The van der Waals surface area contributed by atoms with Gasteiger partial charge in [-0.1, -0.05) is 0 Å². The van der Waals surface area contributed by atoms with Crippen LogP contribution in [0.2, 0.25) is 0 Å². The van der Waals surface area contributed by atoms with Crippen molar-refractivity contribution in [2.45, 2.75) is 4.90 Å². The molecular weight excluding hydrogens is 278 g/mol. The van der Waals surface area contributed by atoms with E-state index >= 15 is 0 Å². The number of rotatable bonds is 4. The van der Waals surface area contributed by atoms with Crippen LogP contribution in [-0.4, -0.2) is 26.1 Å². The Morgan fingerprint density at radius 2 is 1.72 bits per heavy atom. The van der Waals surface area contributed by atoms with Gasteiger partial charge in [0.05, 0.1) is 16.5 Å². The summed E-state index contributed by atoms with van der Waals surface area (Å²) in [6.45, 7) is 0. The third-order valence-corrected chi connectivity index (χ3v) is 3.36. The van der Waals surface area contributed by atoms with Crippen LogP contribution in [0.15, 0.2) is 38.6 Å². The van der Waals surface area contributed by atoms with E-state index in [2.05, 4.69) is 9.39 Å². The molecule has 9 heteroatoms. The molecule has 0 aliphatic rings. The Morgan fingerprint density at radius 1 is 1.17 bits per heavy atom. The van der Waals surface area contributed by atoms with E-state index in [1.807, 2.05) is 0 Å². The van der Waals surface area contributed by atoms with E-state index in [4.69, 9.17) is 28.8 Å². The molecule has 6 N–H and O–H groups in total. The molecule has 0 heterocycles. The molecule has 0 aliphatic heterocycles. The molecular formula is C9H12ClN5O2S. The lowest BCUT2D eigenvalue weighted by atomic mass is 10.3. The number of nitrogens with two attached hydrogens (primary N) is 3. The van der Waals surface area contributed by atoms with Gasteiger partial charge in [0.15, 0.2) is 0 Å². The molecule has 0 saturated heterocycles. The molecule has 0 saturated carbocycles. The van der Waals surface area contributed by atoms with E-state index < -0.39 is 16.0 Å². The average Bonchev–Trinajstić information content (AvgIpc) is 2.28. The first-order valence-electron chi connectivity index (χ1n) is 4.70. The highest BCUT2D eigenvalue weighted by Gasteiger charge is 2.12. The van der Waals surface area contributed by atoms with Crippen molar-refractivity contribution >= 4 is 39.1 Å². The molecule has 0 aromatic heterocycles. The van der Waals surface area contributed by atoms with Crippen LogP contribution in [0, 0.1) is 0 Å². The first kappa shape index (κ1) is 14.3. The summed E-state index contributed by atoms with van der Waals surface area (Å²) in [6, 6.07) is 5.58. The van der Waals surface area contributed by atoms with Crippen LogP contribution >= 0.6 is 11.6 Å². The van der Waals surface area contributed by atoms with Gasteiger partial charge in [0.1, 0.15) is 5.84 Å². The molecule has 0 aliphatic carbocycles. The Bertz CT molecular complexity index is 575. The number of aliphatic imine (C=N–C) groups is 1. The van der Waals surface area contributed by atoms with Gasteiger partial charge in [-0.3, -0.25) is 0 Å². The number of guanidine groups is 1. The summed E-state index contributed by atoms with van der Waals surface area (Å²) < 4.78 is 26.4. The van der Waals surface area contributed by atoms with Crippen molar-refractivity contribution in [3.63, 3.8) is 0 Å². The second-order valence-electron chi connectivity index (χ2n) is 3.22. The Balaban J connectivity index is 3.08. The minimum absolute atomic E-state index is 0.0423. The monoisotopic (exact) mass is 289 g/mol. The summed E-state index contributed by atoms with van der Waals surface area (Å²) in [5.74, 6) is -0.200. The minimum atomic E-state index is -3.88. The van der Waals surface area contributed by atoms with E-state index in [0.717, 1.165) is 0 Å². The molecule has 0 amide bonds. The molecule has 0 unspecified atom stereocenters. The summed E-state index contributed by atoms with van der Waals surface area (Å²) in [5.41, 5.74) is 16.0. The molecule has 18 heavy (non-hydrogen) atoms. The van der Waals surface area contributed by atoms with Crippen molar-refractivity contribution in [2.24, 2.45) is 26.6 Å². The minimum Gasteiger partial charge on any atom is -0.386 e. The van der Waals surface area contributed by atoms with E-state index in [-0.39, 0.29) is 16.6 Å². The third kappa shape index (κ3) is 3.90.